The molecule has 0 atom stereocenters. The summed E-state index contributed by atoms with van der Waals surface area (Å²) in [5.74, 6) is 0. The Kier molecular flexibility index (Phi) is 4.80. The van der Waals surface area contributed by atoms with Crippen molar-refractivity contribution >= 4 is 50.9 Å². The first kappa shape index (κ1) is 6.00. The zero-order valence-corrected chi connectivity index (χ0v) is 8.22. The van der Waals surface area contributed by atoms with Crippen LogP contribution in [0.15, 0.2) is 0 Å². The Balaban J connectivity index is 2.32. The molecule has 0 radical (unpaired) electrons. The number of hydrogen-bond acceptors (Lipinski definition) is 0. The molecule has 0 saturated heterocycles. The zero-order chi connectivity index (χ0) is 3.58. The van der Waals surface area contributed by atoms with E-state index in [9.17, 15) is 0 Å². The molecule has 4 heteroatoms. The van der Waals surface area contributed by atoms with Gasteiger partial charge in [0.05, 0.1) is 0 Å². The van der Waals surface area contributed by atoms with E-state index >= 15 is 0 Å². The molecule has 0 aromatic carbocycles. The SMILES string of the molecule is Br[As](Br)Br. The predicted octanol–water partition coefficient (Wildman–Crippen LogP) is 2.16. The second-order valence-corrected chi connectivity index (χ2v) is 26.9. The molecule has 0 unspecified atom stereocenters. The van der Waals surface area contributed by atoms with E-state index in [-0.39, 0.29) is 0 Å². The van der Waals surface area contributed by atoms with Crippen LogP contribution < -0.4 is 0 Å². The van der Waals surface area contributed by atoms with Crippen molar-refractivity contribution in [2.45, 2.75) is 0 Å². The van der Waals surface area contributed by atoms with Gasteiger partial charge in [0.25, 0.3) is 0 Å². The van der Waals surface area contributed by atoms with Crippen LogP contribution in [0.1, 0.15) is 0 Å². The van der Waals surface area contributed by atoms with Crippen molar-refractivity contribution < 1.29 is 0 Å². The molecule has 0 aliphatic rings. The number of rotatable bonds is 0. The monoisotopic (exact) mass is 312 g/mol. The molecule has 26 valence electrons. The van der Waals surface area contributed by atoms with Gasteiger partial charge < -0.3 is 0 Å². The minimum absolute atomic E-state index is 0.750. The normalized spacial score (nSPS) is 9.00. The van der Waals surface area contributed by atoms with Gasteiger partial charge in [-0.25, -0.2) is 0 Å². The van der Waals surface area contributed by atoms with Crippen LogP contribution in [0.5, 0.6) is 0 Å². The topological polar surface area (TPSA) is 0 Å². The quantitative estimate of drug-likeness (QED) is 0.601. The van der Waals surface area contributed by atoms with E-state index in [0.717, 1.165) is 0 Å². The van der Waals surface area contributed by atoms with E-state index in [1.54, 1.807) is 0 Å². The Morgan fingerprint density at radius 3 is 1.00 bits per heavy atom. The third-order valence-electron chi connectivity index (χ3n) is 0. The zero-order valence-electron chi connectivity index (χ0n) is 1.58. The van der Waals surface area contributed by atoms with Gasteiger partial charge in [0.15, 0.2) is 0 Å². The van der Waals surface area contributed by atoms with Gasteiger partial charge in [0, 0.05) is 0 Å². The fourth-order valence-electron chi connectivity index (χ4n) is 0. The van der Waals surface area contributed by atoms with E-state index in [1.165, 1.54) is 0 Å². The van der Waals surface area contributed by atoms with Gasteiger partial charge in [-0.15, -0.1) is 0 Å². The van der Waals surface area contributed by atoms with Crippen LogP contribution in [0, 0.1) is 0 Å². The molecule has 0 spiro atoms. The summed E-state index contributed by atoms with van der Waals surface area (Å²) in [6.45, 7) is 0. The Labute approximate surface area is 50.3 Å². The molecule has 0 saturated carbocycles. The molecule has 0 aromatic rings. The molecule has 0 heterocycles. The van der Waals surface area contributed by atoms with E-state index in [2.05, 4.69) is 41.8 Å². The summed E-state index contributed by atoms with van der Waals surface area (Å²) in [6, 6.07) is 0. The van der Waals surface area contributed by atoms with Gasteiger partial charge in [0.2, 0.25) is 0 Å². The maximum absolute atomic E-state index is 3.25. The second kappa shape index (κ2) is 3.20. The standard InChI is InChI=1S/AsBr3/c2-1(3)4. The molecule has 0 fully saturated rings. The van der Waals surface area contributed by atoms with Gasteiger partial charge in [-0.3, -0.25) is 0 Å². The van der Waals surface area contributed by atoms with Crippen LogP contribution in [-0.4, -0.2) is 9.06 Å². The van der Waals surface area contributed by atoms with Crippen LogP contribution in [-0.2, 0) is 0 Å². The van der Waals surface area contributed by atoms with Gasteiger partial charge in [-0.05, 0) is 0 Å². The third-order valence-corrected chi connectivity index (χ3v) is 0. The van der Waals surface area contributed by atoms with E-state index < -0.39 is 9.06 Å². The molecule has 0 aliphatic carbocycles. The first-order valence-electron chi connectivity index (χ1n) is 0.507. The van der Waals surface area contributed by atoms with Crippen LogP contribution in [0.2, 0.25) is 0 Å². The maximum atomic E-state index is 3.25. The second-order valence-electron chi connectivity index (χ2n) is 0.192. The van der Waals surface area contributed by atoms with Crippen molar-refractivity contribution in [3.05, 3.63) is 0 Å². The van der Waals surface area contributed by atoms with Crippen molar-refractivity contribution in [1.29, 1.82) is 0 Å². The average Bonchev–Trinajstić information content (AvgIpc) is 0.811. The van der Waals surface area contributed by atoms with Crippen molar-refractivity contribution in [2.75, 3.05) is 0 Å². The fourth-order valence-corrected chi connectivity index (χ4v) is 0. The summed E-state index contributed by atoms with van der Waals surface area (Å²) >= 11 is 9.75. The molecule has 0 amide bonds. The molecule has 0 bridgehead atoms. The van der Waals surface area contributed by atoms with E-state index in [1.807, 2.05) is 0 Å². The van der Waals surface area contributed by atoms with Gasteiger partial charge in [-0.1, -0.05) is 0 Å². The van der Waals surface area contributed by atoms with Gasteiger partial charge >= 0.3 is 50.9 Å². The van der Waals surface area contributed by atoms with Crippen LogP contribution in [0.25, 0.3) is 0 Å². The van der Waals surface area contributed by atoms with Crippen LogP contribution >= 0.6 is 41.8 Å². The summed E-state index contributed by atoms with van der Waals surface area (Å²) in [5, 5.41) is 0. The molecule has 0 aromatic heterocycles. The Morgan fingerprint density at radius 1 is 1.00 bits per heavy atom. The minimum atomic E-state index is -0.750. The molecule has 4 heavy (non-hydrogen) atoms. The van der Waals surface area contributed by atoms with Gasteiger partial charge in [-0.2, -0.15) is 0 Å². The summed E-state index contributed by atoms with van der Waals surface area (Å²) in [6.07, 6.45) is 0. The molecule has 0 aliphatic heterocycles. The third kappa shape index (κ3) is 9.00. The first-order chi connectivity index (χ1) is 1.73. The number of halogens is 3. The van der Waals surface area contributed by atoms with Crippen LogP contribution in [0.3, 0.4) is 0 Å². The molecular formula is AsBr3. The van der Waals surface area contributed by atoms with Crippen molar-refractivity contribution in [3.8, 4) is 0 Å². The first-order valence-corrected chi connectivity index (χ1v) is 13.7. The summed E-state index contributed by atoms with van der Waals surface area (Å²) in [7, 11) is -0.750. The van der Waals surface area contributed by atoms with Gasteiger partial charge in [0.1, 0.15) is 0 Å². The molecular weight excluding hydrogens is 315 g/mol. The molecule has 0 N–H and O–H groups in total. The van der Waals surface area contributed by atoms with E-state index in [4.69, 9.17) is 0 Å². The summed E-state index contributed by atoms with van der Waals surface area (Å²) < 4.78 is 0. The van der Waals surface area contributed by atoms with Crippen molar-refractivity contribution in [2.24, 2.45) is 0 Å². The number of hydrogen-bond donors (Lipinski definition) is 0. The Bertz CT molecular complexity index is 8.00. The van der Waals surface area contributed by atoms with Crippen LogP contribution in [0.4, 0.5) is 0 Å². The Morgan fingerprint density at radius 2 is 1.00 bits per heavy atom. The fraction of sp³-hybridized carbons (Fsp3) is 0. The Hall–Kier alpha value is 2.00. The van der Waals surface area contributed by atoms with Crippen molar-refractivity contribution in [3.63, 3.8) is 0 Å². The molecule has 0 rings (SSSR count). The predicted molar refractivity (Wildman–Crippen MR) is 32.5 cm³/mol. The summed E-state index contributed by atoms with van der Waals surface area (Å²) in [4.78, 5) is 0. The van der Waals surface area contributed by atoms with E-state index in [0.29, 0.717) is 0 Å². The van der Waals surface area contributed by atoms with Crippen molar-refractivity contribution in [1.82, 2.24) is 0 Å². The average molecular weight is 315 g/mol. The summed E-state index contributed by atoms with van der Waals surface area (Å²) in [5.41, 5.74) is 0. The molecule has 0 nitrogen and oxygen atoms in total.